The van der Waals surface area contributed by atoms with Crippen molar-refractivity contribution in [3.05, 3.63) is 5.82 Å². The van der Waals surface area contributed by atoms with Crippen LogP contribution >= 0.6 is 11.5 Å². The van der Waals surface area contributed by atoms with Crippen LogP contribution in [-0.2, 0) is 6.42 Å². The van der Waals surface area contributed by atoms with Crippen LogP contribution in [0.3, 0.4) is 0 Å². The summed E-state index contributed by atoms with van der Waals surface area (Å²) in [5.41, 5.74) is 0. The molecule has 2 unspecified atom stereocenters. The van der Waals surface area contributed by atoms with E-state index < -0.39 is 0 Å². The Morgan fingerprint density at radius 1 is 1.53 bits per heavy atom. The first-order valence-electron chi connectivity index (χ1n) is 5.54. The molecular weight excluding hydrogens is 210 g/mol. The van der Waals surface area contributed by atoms with Crippen LogP contribution in [0.4, 0.5) is 5.13 Å². The minimum atomic E-state index is -0.129. The largest absolute Gasteiger partial charge is 0.393 e. The van der Waals surface area contributed by atoms with Gasteiger partial charge in [-0.25, -0.2) is 4.98 Å². The standard InChI is InChI=1S/C10H17N3OS/c1-2-9-12-10(15-13-9)11-6-7-4-3-5-8(7)14/h7-8,14H,2-6H2,1H3,(H,11,12,13). The molecule has 5 heteroatoms. The van der Waals surface area contributed by atoms with Gasteiger partial charge in [0, 0.05) is 30.4 Å². The normalized spacial score (nSPS) is 25.7. The topological polar surface area (TPSA) is 58.0 Å². The summed E-state index contributed by atoms with van der Waals surface area (Å²) in [4.78, 5) is 4.33. The molecule has 0 amide bonds. The Morgan fingerprint density at radius 2 is 2.40 bits per heavy atom. The van der Waals surface area contributed by atoms with Gasteiger partial charge in [-0.15, -0.1) is 0 Å². The second-order valence-corrected chi connectivity index (χ2v) is 4.76. The van der Waals surface area contributed by atoms with E-state index in [1.54, 1.807) is 0 Å². The van der Waals surface area contributed by atoms with Crippen LogP contribution in [0.2, 0.25) is 0 Å². The highest BCUT2D eigenvalue weighted by Crippen LogP contribution is 2.26. The molecule has 1 aliphatic carbocycles. The molecule has 2 atom stereocenters. The van der Waals surface area contributed by atoms with Crippen LogP contribution in [0, 0.1) is 5.92 Å². The summed E-state index contributed by atoms with van der Waals surface area (Å²) >= 11 is 1.40. The maximum absolute atomic E-state index is 9.65. The van der Waals surface area contributed by atoms with Crippen molar-refractivity contribution in [2.24, 2.45) is 5.92 Å². The molecule has 1 aromatic heterocycles. The van der Waals surface area contributed by atoms with Gasteiger partial charge in [-0.05, 0) is 12.8 Å². The highest BCUT2D eigenvalue weighted by atomic mass is 32.1. The van der Waals surface area contributed by atoms with E-state index in [-0.39, 0.29) is 6.10 Å². The molecule has 2 N–H and O–H groups in total. The van der Waals surface area contributed by atoms with Crippen LogP contribution in [0.1, 0.15) is 32.0 Å². The van der Waals surface area contributed by atoms with Gasteiger partial charge >= 0.3 is 0 Å². The summed E-state index contributed by atoms with van der Waals surface area (Å²) in [6.45, 7) is 2.87. The van der Waals surface area contributed by atoms with Crippen LogP contribution in [-0.4, -0.2) is 27.1 Å². The number of hydrogen-bond donors (Lipinski definition) is 2. The van der Waals surface area contributed by atoms with Gasteiger partial charge in [0.15, 0.2) is 0 Å². The molecule has 0 aliphatic heterocycles. The molecule has 1 fully saturated rings. The summed E-state index contributed by atoms with van der Waals surface area (Å²) in [5, 5.41) is 13.8. The van der Waals surface area contributed by atoms with Gasteiger partial charge in [-0.2, -0.15) is 4.37 Å². The molecule has 0 aromatic carbocycles. The van der Waals surface area contributed by atoms with Crippen LogP contribution < -0.4 is 5.32 Å². The lowest BCUT2D eigenvalue weighted by molar-refractivity contribution is 0.138. The third-order valence-electron chi connectivity index (χ3n) is 2.92. The van der Waals surface area contributed by atoms with Gasteiger partial charge < -0.3 is 10.4 Å². The number of hydrogen-bond acceptors (Lipinski definition) is 5. The number of aliphatic hydroxyl groups excluding tert-OH is 1. The fraction of sp³-hybridized carbons (Fsp3) is 0.800. The monoisotopic (exact) mass is 227 g/mol. The SMILES string of the molecule is CCc1nsc(NCC2CCCC2O)n1. The molecule has 0 radical (unpaired) electrons. The average Bonchev–Trinajstić information content (AvgIpc) is 2.84. The molecule has 1 saturated carbocycles. The van der Waals surface area contributed by atoms with Gasteiger partial charge in [-0.3, -0.25) is 0 Å². The lowest BCUT2D eigenvalue weighted by Crippen LogP contribution is -2.21. The van der Waals surface area contributed by atoms with E-state index in [9.17, 15) is 5.11 Å². The Bertz CT molecular complexity index is 315. The Labute approximate surface area is 93.9 Å². The number of nitrogens with zero attached hydrogens (tertiary/aromatic N) is 2. The summed E-state index contributed by atoms with van der Waals surface area (Å²) in [5.74, 6) is 1.29. The minimum Gasteiger partial charge on any atom is -0.393 e. The Morgan fingerprint density at radius 3 is 3.00 bits per heavy atom. The van der Waals surface area contributed by atoms with Crippen molar-refractivity contribution in [2.75, 3.05) is 11.9 Å². The van der Waals surface area contributed by atoms with E-state index in [0.29, 0.717) is 5.92 Å². The zero-order chi connectivity index (χ0) is 10.7. The molecule has 0 bridgehead atoms. The maximum Gasteiger partial charge on any atom is 0.202 e. The smallest absolute Gasteiger partial charge is 0.202 e. The lowest BCUT2D eigenvalue weighted by Gasteiger charge is -2.13. The first-order chi connectivity index (χ1) is 7.29. The van der Waals surface area contributed by atoms with Crippen molar-refractivity contribution < 1.29 is 5.11 Å². The van der Waals surface area contributed by atoms with Gasteiger partial charge in [0.2, 0.25) is 5.13 Å². The zero-order valence-corrected chi connectivity index (χ0v) is 9.76. The van der Waals surface area contributed by atoms with E-state index in [2.05, 4.69) is 14.7 Å². The number of anilines is 1. The summed E-state index contributed by atoms with van der Waals surface area (Å²) in [7, 11) is 0. The first kappa shape index (κ1) is 10.8. The van der Waals surface area contributed by atoms with E-state index in [4.69, 9.17) is 0 Å². The van der Waals surface area contributed by atoms with E-state index in [1.807, 2.05) is 6.92 Å². The van der Waals surface area contributed by atoms with Gasteiger partial charge in [-0.1, -0.05) is 13.3 Å². The molecule has 1 aliphatic rings. The van der Waals surface area contributed by atoms with Gasteiger partial charge in [0.25, 0.3) is 0 Å². The Balaban J connectivity index is 1.82. The number of rotatable bonds is 4. The second kappa shape index (κ2) is 4.90. The second-order valence-electron chi connectivity index (χ2n) is 4.01. The summed E-state index contributed by atoms with van der Waals surface area (Å²) in [6.07, 6.45) is 3.96. The number of aryl methyl sites for hydroxylation is 1. The predicted octanol–water partition coefficient (Wildman–Crippen LogP) is 1.67. The summed E-state index contributed by atoms with van der Waals surface area (Å²) in [6, 6.07) is 0. The molecule has 15 heavy (non-hydrogen) atoms. The molecule has 1 aromatic rings. The Hall–Kier alpha value is -0.680. The van der Waals surface area contributed by atoms with Crippen molar-refractivity contribution in [1.29, 1.82) is 0 Å². The van der Waals surface area contributed by atoms with E-state index >= 15 is 0 Å². The van der Waals surface area contributed by atoms with Crippen LogP contribution in [0.25, 0.3) is 0 Å². The molecule has 1 heterocycles. The third-order valence-corrected chi connectivity index (χ3v) is 3.63. The fourth-order valence-corrected chi connectivity index (χ4v) is 2.60. The quantitative estimate of drug-likeness (QED) is 0.821. The predicted molar refractivity (Wildman–Crippen MR) is 61.1 cm³/mol. The number of nitrogens with one attached hydrogen (secondary N) is 1. The molecular formula is C10H17N3OS. The molecule has 2 rings (SSSR count). The Kier molecular flexibility index (Phi) is 3.53. The third kappa shape index (κ3) is 2.66. The van der Waals surface area contributed by atoms with Gasteiger partial charge in [0.1, 0.15) is 5.82 Å². The minimum absolute atomic E-state index is 0.129. The average molecular weight is 227 g/mol. The van der Waals surface area contributed by atoms with Crippen molar-refractivity contribution in [3.63, 3.8) is 0 Å². The summed E-state index contributed by atoms with van der Waals surface area (Å²) < 4.78 is 4.20. The van der Waals surface area contributed by atoms with Crippen LogP contribution in [0.5, 0.6) is 0 Å². The van der Waals surface area contributed by atoms with Crippen molar-refractivity contribution in [2.45, 2.75) is 38.7 Å². The molecule has 0 spiro atoms. The lowest BCUT2D eigenvalue weighted by atomic mass is 10.1. The molecule has 84 valence electrons. The number of aromatic nitrogens is 2. The van der Waals surface area contributed by atoms with Crippen molar-refractivity contribution in [3.8, 4) is 0 Å². The van der Waals surface area contributed by atoms with Gasteiger partial charge in [0.05, 0.1) is 6.10 Å². The first-order valence-corrected chi connectivity index (χ1v) is 6.31. The van der Waals surface area contributed by atoms with Crippen molar-refractivity contribution in [1.82, 2.24) is 9.36 Å². The highest BCUT2D eigenvalue weighted by Gasteiger charge is 2.24. The van der Waals surface area contributed by atoms with E-state index in [1.165, 1.54) is 11.5 Å². The molecule has 4 nitrogen and oxygen atoms in total. The maximum atomic E-state index is 9.65. The van der Waals surface area contributed by atoms with Crippen molar-refractivity contribution >= 4 is 16.7 Å². The highest BCUT2D eigenvalue weighted by molar-refractivity contribution is 7.09. The fourth-order valence-electron chi connectivity index (χ4n) is 1.94. The molecule has 0 saturated heterocycles. The van der Waals surface area contributed by atoms with Crippen LogP contribution in [0.15, 0.2) is 0 Å². The zero-order valence-electron chi connectivity index (χ0n) is 8.94. The number of aliphatic hydroxyl groups is 1. The van der Waals surface area contributed by atoms with E-state index in [0.717, 1.165) is 43.2 Å².